The zero-order valence-electron chi connectivity index (χ0n) is 15.7. The van der Waals surface area contributed by atoms with Crippen molar-refractivity contribution >= 4 is 17.5 Å². The molecule has 1 fully saturated rings. The second-order valence-corrected chi connectivity index (χ2v) is 7.19. The second kappa shape index (κ2) is 7.63. The van der Waals surface area contributed by atoms with Crippen molar-refractivity contribution in [3.63, 3.8) is 0 Å². The first-order valence-electron chi connectivity index (χ1n) is 9.25. The van der Waals surface area contributed by atoms with E-state index in [1.807, 2.05) is 31.2 Å². The number of anilines is 1. The van der Waals surface area contributed by atoms with Gasteiger partial charge < -0.3 is 15.2 Å². The fourth-order valence-corrected chi connectivity index (χ4v) is 3.52. The van der Waals surface area contributed by atoms with Crippen LogP contribution in [0.1, 0.15) is 23.6 Å². The number of nitrogens with zero attached hydrogens (tertiary/aromatic N) is 2. The number of hydrazine groups is 1. The fraction of sp³-hybridized carbons (Fsp3) is 0.238. The van der Waals surface area contributed by atoms with E-state index >= 15 is 0 Å². The van der Waals surface area contributed by atoms with E-state index in [1.54, 1.807) is 11.2 Å². The predicted octanol–water partition coefficient (Wildman–Crippen LogP) is 2.85. The Morgan fingerprint density at radius 2 is 1.93 bits per heavy atom. The molecule has 2 aromatic rings. The molecule has 0 bridgehead atoms. The van der Waals surface area contributed by atoms with Gasteiger partial charge in [0, 0.05) is 18.5 Å². The third-order valence-electron chi connectivity index (χ3n) is 5.07. The van der Waals surface area contributed by atoms with Gasteiger partial charge in [0.2, 0.25) is 5.91 Å². The van der Waals surface area contributed by atoms with E-state index in [4.69, 9.17) is 0 Å². The molecular formula is C21H20F2N4O2. The van der Waals surface area contributed by atoms with E-state index in [1.165, 1.54) is 11.1 Å². The molecule has 4 rings (SSSR count). The number of hydrogen-bond donors (Lipinski definition) is 2. The van der Waals surface area contributed by atoms with Crippen LogP contribution < -0.4 is 10.7 Å². The highest BCUT2D eigenvalue weighted by Crippen LogP contribution is 2.30. The van der Waals surface area contributed by atoms with Crippen LogP contribution in [-0.4, -0.2) is 34.3 Å². The van der Waals surface area contributed by atoms with Crippen LogP contribution in [0.4, 0.5) is 14.5 Å². The first-order chi connectivity index (χ1) is 13.9. The Bertz CT molecular complexity index is 977. The standard InChI is InChI=1S/C21H20F2N4O2/c1-13-2-4-14(5-3-13)18-11-19-21(29)26(8-9-27(19)25-18)12-20(28)24-17-7-6-15(22)10-16(17)23/h2-10,18-19,25H,11-12H2,1H3,(H,24,28). The van der Waals surface area contributed by atoms with Crippen molar-refractivity contribution in [3.8, 4) is 0 Å². The van der Waals surface area contributed by atoms with Crippen molar-refractivity contribution in [1.29, 1.82) is 0 Å². The lowest BCUT2D eigenvalue weighted by atomic mass is 10.00. The molecule has 6 nitrogen and oxygen atoms in total. The fourth-order valence-electron chi connectivity index (χ4n) is 3.52. The molecule has 2 unspecified atom stereocenters. The summed E-state index contributed by atoms with van der Waals surface area (Å²) in [5.74, 6) is -2.38. The molecule has 0 aromatic heterocycles. The highest BCUT2D eigenvalue weighted by Gasteiger charge is 2.40. The van der Waals surface area contributed by atoms with Crippen molar-refractivity contribution < 1.29 is 18.4 Å². The molecule has 0 saturated carbocycles. The van der Waals surface area contributed by atoms with Gasteiger partial charge in [0.15, 0.2) is 0 Å². The average molecular weight is 398 g/mol. The first-order valence-corrected chi connectivity index (χ1v) is 9.25. The van der Waals surface area contributed by atoms with Crippen LogP contribution in [0.15, 0.2) is 54.9 Å². The van der Waals surface area contributed by atoms with Gasteiger partial charge in [0.25, 0.3) is 5.91 Å². The first kappa shape index (κ1) is 19.1. The molecule has 8 heteroatoms. The maximum absolute atomic E-state index is 13.7. The molecule has 29 heavy (non-hydrogen) atoms. The van der Waals surface area contributed by atoms with Gasteiger partial charge >= 0.3 is 0 Å². The molecule has 150 valence electrons. The normalized spacial score (nSPS) is 20.7. The number of carbonyl (C=O) groups excluding carboxylic acids is 2. The Labute approximate surface area is 166 Å². The van der Waals surface area contributed by atoms with Crippen LogP contribution in [0.25, 0.3) is 0 Å². The smallest absolute Gasteiger partial charge is 0.251 e. The summed E-state index contributed by atoms with van der Waals surface area (Å²) in [5, 5.41) is 4.12. The number of halogens is 2. The molecule has 2 aromatic carbocycles. The summed E-state index contributed by atoms with van der Waals surface area (Å²) >= 11 is 0. The summed E-state index contributed by atoms with van der Waals surface area (Å²) in [5.41, 5.74) is 5.42. The summed E-state index contributed by atoms with van der Waals surface area (Å²) in [6, 6.07) is 10.6. The van der Waals surface area contributed by atoms with Gasteiger partial charge in [-0.05, 0) is 31.0 Å². The van der Waals surface area contributed by atoms with Gasteiger partial charge in [-0.15, -0.1) is 0 Å². The van der Waals surface area contributed by atoms with Crippen molar-refractivity contribution in [2.75, 3.05) is 11.9 Å². The number of nitrogens with one attached hydrogen (secondary N) is 2. The lowest BCUT2D eigenvalue weighted by Gasteiger charge is -2.31. The molecular weight excluding hydrogens is 378 g/mol. The van der Waals surface area contributed by atoms with E-state index < -0.39 is 23.6 Å². The minimum Gasteiger partial charge on any atom is -0.322 e. The zero-order valence-corrected chi connectivity index (χ0v) is 15.7. The van der Waals surface area contributed by atoms with Gasteiger partial charge in [-0.1, -0.05) is 29.8 Å². The van der Waals surface area contributed by atoms with Crippen LogP contribution >= 0.6 is 0 Å². The summed E-state index contributed by atoms with van der Waals surface area (Å²) in [4.78, 5) is 26.4. The summed E-state index contributed by atoms with van der Waals surface area (Å²) in [6.07, 6.45) is 3.80. The lowest BCUT2D eigenvalue weighted by Crippen LogP contribution is -2.49. The monoisotopic (exact) mass is 398 g/mol. The minimum absolute atomic E-state index is 0.00344. The molecule has 2 aliphatic heterocycles. The van der Waals surface area contributed by atoms with Crippen LogP contribution in [0.5, 0.6) is 0 Å². The minimum atomic E-state index is -0.869. The predicted molar refractivity (Wildman–Crippen MR) is 103 cm³/mol. The van der Waals surface area contributed by atoms with Gasteiger partial charge in [-0.25, -0.2) is 14.2 Å². The Morgan fingerprint density at radius 3 is 2.66 bits per heavy atom. The summed E-state index contributed by atoms with van der Waals surface area (Å²) in [7, 11) is 0. The maximum atomic E-state index is 13.7. The van der Waals surface area contributed by atoms with Crippen molar-refractivity contribution in [1.82, 2.24) is 15.3 Å². The number of fused-ring (bicyclic) bond motifs is 1. The second-order valence-electron chi connectivity index (χ2n) is 7.19. The Morgan fingerprint density at radius 1 is 1.17 bits per heavy atom. The van der Waals surface area contributed by atoms with Gasteiger partial charge in [-0.2, -0.15) is 0 Å². The zero-order chi connectivity index (χ0) is 20.5. The molecule has 0 spiro atoms. The van der Waals surface area contributed by atoms with E-state index in [0.717, 1.165) is 23.3 Å². The molecule has 0 aliphatic carbocycles. The SMILES string of the molecule is Cc1ccc(C2CC3C(=O)N(CC(=O)Nc4ccc(F)cc4F)C=CN3N2)cc1. The molecule has 1 saturated heterocycles. The lowest BCUT2D eigenvalue weighted by molar-refractivity contribution is -0.137. The number of hydrogen-bond acceptors (Lipinski definition) is 4. The number of carbonyl (C=O) groups is 2. The number of aryl methyl sites for hydroxylation is 1. The molecule has 2 amide bonds. The average Bonchev–Trinajstić information content (AvgIpc) is 3.12. The van der Waals surface area contributed by atoms with Crippen LogP contribution in [0, 0.1) is 18.6 Å². The summed E-state index contributed by atoms with van der Waals surface area (Å²) < 4.78 is 26.7. The van der Waals surface area contributed by atoms with Gasteiger partial charge in [0.1, 0.15) is 24.2 Å². The van der Waals surface area contributed by atoms with Crippen LogP contribution in [-0.2, 0) is 9.59 Å². The molecule has 2 N–H and O–H groups in total. The van der Waals surface area contributed by atoms with Crippen molar-refractivity contribution in [2.45, 2.75) is 25.4 Å². The highest BCUT2D eigenvalue weighted by atomic mass is 19.1. The molecule has 2 atom stereocenters. The highest BCUT2D eigenvalue weighted by molar-refractivity contribution is 5.96. The molecule has 2 heterocycles. The van der Waals surface area contributed by atoms with Crippen LogP contribution in [0.2, 0.25) is 0 Å². The number of benzene rings is 2. The topological polar surface area (TPSA) is 64.7 Å². The Balaban J connectivity index is 1.40. The Hall–Kier alpha value is -3.26. The molecule has 0 radical (unpaired) electrons. The number of amides is 2. The number of rotatable bonds is 4. The van der Waals surface area contributed by atoms with Crippen LogP contribution in [0.3, 0.4) is 0 Å². The van der Waals surface area contributed by atoms with Crippen molar-refractivity contribution in [2.24, 2.45) is 0 Å². The largest absolute Gasteiger partial charge is 0.322 e. The quantitative estimate of drug-likeness (QED) is 0.831. The summed E-state index contributed by atoms with van der Waals surface area (Å²) in [6.45, 7) is 1.76. The third-order valence-corrected chi connectivity index (χ3v) is 5.07. The van der Waals surface area contributed by atoms with Gasteiger partial charge in [-0.3, -0.25) is 9.59 Å². The molecule has 2 aliphatic rings. The third kappa shape index (κ3) is 3.97. The van der Waals surface area contributed by atoms with E-state index in [-0.39, 0.29) is 24.2 Å². The van der Waals surface area contributed by atoms with E-state index in [0.29, 0.717) is 12.5 Å². The maximum Gasteiger partial charge on any atom is 0.251 e. The van der Waals surface area contributed by atoms with Crippen molar-refractivity contribution in [3.05, 3.63) is 77.6 Å². The van der Waals surface area contributed by atoms with Gasteiger partial charge in [0.05, 0.1) is 11.7 Å². The van der Waals surface area contributed by atoms with E-state index in [2.05, 4.69) is 10.7 Å². The van der Waals surface area contributed by atoms with E-state index in [9.17, 15) is 18.4 Å². The Kier molecular flexibility index (Phi) is 5.02.